The van der Waals surface area contributed by atoms with Crippen LogP contribution in [0.5, 0.6) is 5.75 Å². The number of phenols is 1. The largest absolute Gasteiger partial charge is 0.506 e. The summed E-state index contributed by atoms with van der Waals surface area (Å²) in [6.07, 6.45) is 3.63. The molecule has 4 heterocycles. The Kier molecular flexibility index (Phi) is 4.13. The molecule has 0 aliphatic carbocycles. The van der Waals surface area contributed by atoms with Crippen molar-refractivity contribution in [3.63, 3.8) is 0 Å². The molecule has 0 saturated carbocycles. The molecule has 0 amide bonds. The number of ether oxygens (including phenoxy) is 1. The number of aromatic nitrogens is 4. The Bertz CT molecular complexity index is 1240. The van der Waals surface area contributed by atoms with Crippen LogP contribution in [0.4, 0.5) is 5.69 Å². The van der Waals surface area contributed by atoms with Crippen LogP contribution < -0.4 is 4.90 Å². The number of anilines is 1. The average molecular weight is 389 g/mol. The maximum Gasteiger partial charge on any atom is 0.145 e. The van der Waals surface area contributed by atoms with Crippen LogP contribution in [-0.2, 0) is 4.74 Å². The Balaban J connectivity index is 1.86. The standard InChI is InChI=1S/C22H23N5O2/c1-13-12-23-5-4-17(13)22-25-15(3)21-14(2)24-20-18(27(21)22)10-16(11-19(20)28)26-6-8-29-9-7-26/h4-5,10-12,28H,6-9H2,1-3H3. The number of rotatable bonds is 2. The van der Waals surface area contributed by atoms with Crippen molar-refractivity contribution in [3.05, 3.63) is 47.5 Å². The summed E-state index contributed by atoms with van der Waals surface area (Å²) in [6, 6.07) is 5.88. The molecule has 7 heteroatoms. The van der Waals surface area contributed by atoms with Crippen molar-refractivity contribution in [1.29, 1.82) is 0 Å². The number of phenolic OH excluding ortho intramolecular Hbond substituents is 1. The highest BCUT2D eigenvalue weighted by Crippen LogP contribution is 2.35. The summed E-state index contributed by atoms with van der Waals surface area (Å²) in [4.78, 5) is 16.0. The molecule has 0 radical (unpaired) electrons. The van der Waals surface area contributed by atoms with Gasteiger partial charge in [0.25, 0.3) is 0 Å². The van der Waals surface area contributed by atoms with Gasteiger partial charge < -0.3 is 14.7 Å². The van der Waals surface area contributed by atoms with Gasteiger partial charge in [0.2, 0.25) is 0 Å². The first kappa shape index (κ1) is 17.9. The minimum Gasteiger partial charge on any atom is -0.506 e. The molecule has 4 aromatic rings. The fraction of sp³-hybridized carbons (Fsp3) is 0.318. The van der Waals surface area contributed by atoms with Crippen molar-refractivity contribution in [3.8, 4) is 17.1 Å². The lowest BCUT2D eigenvalue weighted by molar-refractivity contribution is 0.122. The van der Waals surface area contributed by atoms with Crippen molar-refractivity contribution in [2.75, 3.05) is 31.2 Å². The summed E-state index contributed by atoms with van der Waals surface area (Å²) in [6.45, 7) is 8.96. The topological polar surface area (TPSA) is 75.8 Å². The van der Waals surface area contributed by atoms with E-state index in [1.165, 1.54) is 0 Å². The lowest BCUT2D eigenvalue weighted by atomic mass is 10.1. The number of nitrogens with zero attached hydrogens (tertiary/aromatic N) is 5. The van der Waals surface area contributed by atoms with Gasteiger partial charge in [0.05, 0.1) is 35.6 Å². The van der Waals surface area contributed by atoms with Gasteiger partial charge in [0.1, 0.15) is 17.1 Å². The fourth-order valence-corrected chi connectivity index (χ4v) is 4.19. The zero-order chi connectivity index (χ0) is 20.1. The van der Waals surface area contributed by atoms with E-state index < -0.39 is 0 Å². The molecule has 3 aromatic heterocycles. The SMILES string of the molecule is Cc1cnccc1-c1nc(C)c2c(C)nc3c(O)cc(N4CCOCC4)cc3n12. The number of pyridine rings is 1. The minimum absolute atomic E-state index is 0.178. The first-order chi connectivity index (χ1) is 14.0. The molecule has 1 aliphatic rings. The maximum atomic E-state index is 10.8. The molecule has 7 nitrogen and oxygen atoms in total. The number of hydrogen-bond donors (Lipinski definition) is 1. The fourth-order valence-electron chi connectivity index (χ4n) is 4.19. The van der Waals surface area contributed by atoms with Crippen molar-refractivity contribution < 1.29 is 9.84 Å². The van der Waals surface area contributed by atoms with Crippen LogP contribution in [0.2, 0.25) is 0 Å². The van der Waals surface area contributed by atoms with E-state index in [1.807, 2.05) is 33.0 Å². The molecule has 0 atom stereocenters. The zero-order valence-corrected chi connectivity index (χ0v) is 16.8. The van der Waals surface area contributed by atoms with E-state index in [9.17, 15) is 5.11 Å². The molecule has 0 spiro atoms. The number of benzene rings is 1. The van der Waals surface area contributed by atoms with E-state index in [1.54, 1.807) is 12.3 Å². The van der Waals surface area contributed by atoms with E-state index >= 15 is 0 Å². The lowest BCUT2D eigenvalue weighted by Crippen LogP contribution is -2.36. The summed E-state index contributed by atoms with van der Waals surface area (Å²) >= 11 is 0. The predicted octanol–water partition coefficient (Wildman–Crippen LogP) is 3.41. The second-order valence-electron chi connectivity index (χ2n) is 7.52. The van der Waals surface area contributed by atoms with Gasteiger partial charge in [0.15, 0.2) is 0 Å². The van der Waals surface area contributed by atoms with E-state index in [0.717, 1.165) is 58.1 Å². The average Bonchev–Trinajstić information content (AvgIpc) is 3.08. The maximum absolute atomic E-state index is 10.8. The van der Waals surface area contributed by atoms with Crippen molar-refractivity contribution in [2.45, 2.75) is 20.8 Å². The normalized spacial score (nSPS) is 14.8. The number of imidazole rings is 1. The van der Waals surface area contributed by atoms with Gasteiger partial charge in [-0.1, -0.05) is 0 Å². The number of fused-ring (bicyclic) bond motifs is 3. The van der Waals surface area contributed by atoms with E-state index in [2.05, 4.69) is 20.4 Å². The van der Waals surface area contributed by atoms with E-state index in [0.29, 0.717) is 18.7 Å². The molecule has 1 saturated heterocycles. The molecule has 0 bridgehead atoms. The van der Waals surface area contributed by atoms with Crippen LogP contribution >= 0.6 is 0 Å². The molecule has 148 valence electrons. The number of aromatic hydroxyl groups is 1. The van der Waals surface area contributed by atoms with Gasteiger partial charge in [-0.25, -0.2) is 9.97 Å². The van der Waals surface area contributed by atoms with Crippen LogP contribution in [0.1, 0.15) is 17.0 Å². The Morgan fingerprint density at radius 2 is 1.79 bits per heavy atom. The highest BCUT2D eigenvalue weighted by atomic mass is 16.5. The van der Waals surface area contributed by atoms with Gasteiger partial charge in [-0.05, 0) is 38.5 Å². The van der Waals surface area contributed by atoms with Gasteiger partial charge in [-0.2, -0.15) is 0 Å². The van der Waals surface area contributed by atoms with Gasteiger partial charge in [-0.15, -0.1) is 0 Å². The first-order valence-corrected chi connectivity index (χ1v) is 9.80. The van der Waals surface area contributed by atoms with Crippen molar-refractivity contribution >= 4 is 22.2 Å². The molecule has 1 aliphatic heterocycles. The Hall–Kier alpha value is -3.19. The predicted molar refractivity (Wildman–Crippen MR) is 113 cm³/mol. The summed E-state index contributed by atoms with van der Waals surface area (Å²) in [5.74, 6) is 1.02. The second kappa shape index (κ2) is 6.70. The summed E-state index contributed by atoms with van der Waals surface area (Å²) < 4.78 is 7.60. The van der Waals surface area contributed by atoms with E-state index in [-0.39, 0.29) is 5.75 Å². The van der Waals surface area contributed by atoms with Crippen molar-refractivity contribution in [1.82, 2.24) is 19.4 Å². The molecule has 0 unspecified atom stereocenters. The molecule has 1 aromatic carbocycles. The van der Waals surface area contributed by atoms with Crippen molar-refractivity contribution in [2.24, 2.45) is 0 Å². The van der Waals surface area contributed by atoms with Gasteiger partial charge in [-0.3, -0.25) is 9.38 Å². The summed E-state index contributed by atoms with van der Waals surface area (Å²) in [5.41, 5.74) is 7.20. The first-order valence-electron chi connectivity index (χ1n) is 9.80. The highest BCUT2D eigenvalue weighted by molar-refractivity contribution is 5.90. The zero-order valence-electron chi connectivity index (χ0n) is 16.8. The number of aryl methyl sites for hydroxylation is 3. The molecule has 1 fully saturated rings. The molecular formula is C22H23N5O2. The highest BCUT2D eigenvalue weighted by Gasteiger charge is 2.21. The third kappa shape index (κ3) is 2.81. The van der Waals surface area contributed by atoms with Crippen LogP contribution in [0, 0.1) is 20.8 Å². The molecule has 1 N–H and O–H groups in total. The van der Waals surface area contributed by atoms with Gasteiger partial charge >= 0.3 is 0 Å². The minimum atomic E-state index is 0.178. The van der Waals surface area contributed by atoms with Gasteiger partial charge in [0, 0.05) is 42.8 Å². The molecular weight excluding hydrogens is 366 g/mol. The van der Waals surface area contributed by atoms with E-state index in [4.69, 9.17) is 14.7 Å². The second-order valence-corrected chi connectivity index (χ2v) is 7.52. The number of hydrogen-bond acceptors (Lipinski definition) is 6. The van der Waals surface area contributed by atoms with Crippen LogP contribution in [0.15, 0.2) is 30.6 Å². The van der Waals surface area contributed by atoms with Crippen LogP contribution in [0.3, 0.4) is 0 Å². The summed E-state index contributed by atoms with van der Waals surface area (Å²) in [7, 11) is 0. The van der Waals surface area contributed by atoms with Crippen LogP contribution in [-0.4, -0.2) is 50.8 Å². The Morgan fingerprint density at radius 3 is 2.55 bits per heavy atom. The molecule has 5 rings (SSSR count). The summed E-state index contributed by atoms with van der Waals surface area (Å²) in [5, 5.41) is 10.8. The Labute approximate surface area is 168 Å². The Morgan fingerprint density at radius 1 is 1.03 bits per heavy atom. The van der Waals surface area contributed by atoms with Crippen LogP contribution in [0.25, 0.3) is 27.9 Å². The third-order valence-electron chi connectivity index (χ3n) is 5.61. The molecule has 29 heavy (non-hydrogen) atoms. The monoisotopic (exact) mass is 389 g/mol. The lowest BCUT2D eigenvalue weighted by Gasteiger charge is -2.29. The quantitative estimate of drug-likeness (QED) is 0.566. The number of morpholine rings is 1. The third-order valence-corrected chi connectivity index (χ3v) is 5.61. The smallest absolute Gasteiger partial charge is 0.145 e.